The molecule has 0 aliphatic carbocycles. The summed E-state index contributed by atoms with van der Waals surface area (Å²) in [5.74, 6) is -0.185. The summed E-state index contributed by atoms with van der Waals surface area (Å²) in [6.07, 6.45) is -0.643. The first kappa shape index (κ1) is 17.3. The van der Waals surface area contributed by atoms with E-state index >= 15 is 0 Å². The van der Waals surface area contributed by atoms with E-state index in [1.54, 1.807) is 18.9 Å². The number of carbonyl (C=O) groups is 1. The SMILES string of the molecule is COC(C(=O)Nc1ccccc1Sc1ccccc1)c1ccccc1. The van der Waals surface area contributed by atoms with Gasteiger partial charge in [-0.2, -0.15) is 0 Å². The van der Waals surface area contributed by atoms with Crippen LogP contribution < -0.4 is 5.32 Å². The summed E-state index contributed by atoms with van der Waals surface area (Å²) in [6, 6.07) is 27.3. The summed E-state index contributed by atoms with van der Waals surface area (Å²) in [7, 11) is 1.54. The molecular formula is C21H19NO2S. The Hall–Kier alpha value is -2.56. The summed E-state index contributed by atoms with van der Waals surface area (Å²) in [5, 5.41) is 3.00. The number of amides is 1. The molecule has 1 unspecified atom stereocenters. The van der Waals surface area contributed by atoms with Crippen molar-refractivity contribution < 1.29 is 9.53 Å². The molecular weight excluding hydrogens is 330 g/mol. The van der Waals surface area contributed by atoms with Gasteiger partial charge in [0.05, 0.1) is 5.69 Å². The summed E-state index contributed by atoms with van der Waals surface area (Å²) in [4.78, 5) is 14.8. The predicted octanol–water partition coefficient (Wildman–Crippen LogP) is 5.16. The van der Waals surface area contributed by atoms with Gasteiger partial charge in [0, 0.05) is 16.9 Å². The smallest absolute Gasteiger partial charge is 0.258 e. The van der Waals surface area contributed by atoms with Crippen molar-refractivity contribution in [1.29, 1.82) is 0 Å². The Balaban J connectivity index is 1.79. The molecule has 0 fully saturated rings. The van der Waals surface area contributed by atoms with Crippen molar-refractivity contribution in [2.75, 3.05) is 12.4 Å². The summed E-state index contributed by atoms with van der Waals surface area (Å²) >= 11 is 1.62. The number of nitrogens with one attached hydrogen (secondary N) is 1. The fraction of sp³-hybridized carbons (Fsp3) is 0.0952. The van der Waals surface area contributed by atoms with Crippen LogP contribution in [0.25, 0.3) is 0 Å². The Bertz CT molecular complexity index is 822. The predicted molar refractivity (Wildman–Crippen MR) is 102 cm³/mol. The van der Waals surface area contributed by atoms with Crippen LogP contribution in [0.4, 0.5) is 5.69 Å². The molecule has 0 aliphatic rings. The third-order valence-electron chi connectivity index (χ3n) is 3.69. The minimum Gasteiger partial charge on any atom is -0.367 e. The van der Waals surface area contributed by atoms with E-state index in [0.29, 0.717) is 0 Å². The molecule has 4 heteroatoms. The number of anilines is 1. The molecule has 1 N–H and O–H groups in total. The van der Waals surface area contributed by atoms with Crippen LogP contribution in [0.15, 0.2) is 94.7 Å². The second kappa shape index (κ2) is 8.51. The first-order valence-corrected chi connectivity index (χ1v) is 8.80. The van der Waals surface area contributed by atoms with Crippen molar-refractivity contribution in [3.05, 3.63) is 90.5 Å². The zero-order valence-corrected chi connectivity index (χ0v) is 14.7. The highest BCUT2D eigenvalue weighted by Crippen LogP contribution is 2.33. The van der Waals surface area contributed by atoms with Gasteiger partial charge in [-0.15, -0.1) is 0 Å². The minimum atomic E-state index is -0.643. The van der Waals surface area contributed by atoms with E-state index in [2.05, 4.69) is 5.32 Å². The Morgan fingerprint density at radius 1 is 0.880 bits per heavy atom. The number of carbonyl (C=O) groups excluding carboxylic acids is 1. The largest absolute Gasteiger partial charge is 0.367 e. The van der Waals surface area contributed by atoms with Gasteiger partial charge in [0.25, 0.3) is 5.91 Å². The molecule has 0 aliphatic heterocycles. The van der Waals surface area contributed by atoms with E-state index in [0.717, 1.165) is 21.0 Å². The maximum absolute atomic E-state index is 12.7. The summed E-state index contributed by atoms with van der Waals surface area (Å²) in [6.45, 7) is 0. The molecule has 0 heterocycles. The first-order valence-electron chi connectivity index (χ1n) is 7.98. The van der Waals surface area contributed by atoms with Gasteiger partial charge in [-0.25, -0.2) is 0 Å². The summed E-state index contributed by atoms with van der Waals surface area (Å²) in [5.41, 5.74) is 1.61. The van der Waals surface area contributed by atoms with Crippen molar-refractivity contribution in [3.8, 4) is 0 Å². The Morgan fingerprint density at radius 2 is 1.48 bits per heavy atom. The molecule has 0 saturated carbocycles. The van der Waals surface area contributed by atoms with Crippen molar-refractivity contribution in [3.63, 3.8) is 0 Å². The standard InChI is InChI=1S/C21H19NO2S/c1-24-20(16-10-4-2-5-11-16)21(23)22-18-14-8-9-15-19(18)25-17-12-6-3-7-13-17/h2-15,20H,1H3,(H,22,23). The van der Waals surface area contributed by atoms with E-state index in [9.17, 15) is 4.79 Å². The monoisotopic (exact) mass is 349 g/mol. The van der Waals surface area contributed by atoms with E-state index in [-0.39, 0.29) is 5.91 Å². The Morgan fingerprint density at radius 3 is 2.16 bits per heavy atom. The second-order valence-electron chi connectivity index (χ2n) is 5.43. The number of benzene rings is 3. The molecule has 3 aromatic carbocycles. The van der Waals surface area contributed by atoms with E-state index in [4.69, 9.17) is 4.74 Å². The highest BCUT2D eigenvalue weighted by Gasteiger charge is 2.20. The van der Waals surface area contributed by atoms with Crippen LogP contribution in [0.1, 0.15) is 11.7 Å². The van der Waals surface area contributed by atoms with Crippen molar-refractivity contribution >= 4 is 23.4 Å². The van der Waals surface area contributed by atoms with Gasteiger partial charge in [0.15, 0.2) is 6.10 Å². The van der Waals surface area contributed by atoms with Gasteiger partial charge in [-0.05, 0) is 29.8 Å². The van der Waals surface area contributed by atoms with Crippen LogP contribution in [0.5, 0.6) is 0 Å². The van der Waals surface area contributed by atoms with Crippen molar-refractivity contribution in [1.82, 2.24) is 0 Å². The molecule has 126 valence electrons. The van der Waals surface area contributed by atoms with Gasteiger partial charge in [0.2, 0.25) is 0 Å². The Labute approximate surface area is 152 Å². The number of hydrogen-bond donors (Lipinski definition) is 1. The van der Waals surface area contributed by atoms with Gasteiger partial charge in [0.1, 0.15) is 0 Å². The molecule has 25 heavy (non-hydrogen) atoms. The van der Waals surface area contributed by atoms with Crippen LogP contribution in [0, 0.1) is 0 Å². The highest BCUT2D eigenvalue weighted by atomic mass is 32.2. The van der Waals surface area contributed by atoms with Gasteiger partial charge >= 0.3 is 0 Å². The number of ether oxygens (including phenoxy) is 1. The van der Waals surface area contributed by atoms with Crippen LogP contribution in [0.2, 0.25) is 0 Å². The van der Waals surface area contributed by atoms with Crippen LogP contribution in [0.3, 0.4) is 0 Å². The second-order valence-corrected chi connectivity index (χ2v) is 6.54. The number of methoxy groups -OCH3 is 1. The van der Waals surface area contributed by atoms with Crippen molar-refractivity contribution in [2.24, 2.45) is 0 Å². The van der Waals surface area contributed by atoms with E-state index in [1.165, 1.54) is 0 Å². The van der Waals surface area contributed by atoms with Gasteiger partial charge < -0.3 is 10.1 Å². The molecule has 3 nitrogen and oxygen atoms in total. The molecule has 1 amide bonds. The maximum atomic E-state index is 12.7. The first-order chi connectivity index (χ1) is 12.3. The molecule has 0 saturated heterocycles. The normalized spacial score (nSPS) is 11.7. The van der Waals surface area contributed by atoms with E-state index in [1.807, 2.05) is 84.9 Å². The van der Waals surface area contributed by atoms with Crippen LogP contribution >= 0.6 is 11.8 Å². The van der Waals surface area contributed by atoms with Crippen LogP contribution in [-0.2, 0) is 9.53 Å². The van der Waals surface area contributed by atoms with Crippen LogP contribution in [-0.4, -0.2) is 13.0 Å². The molecule has 1 atom stereocenters. The summed E-state index contributed by atoms with van der Waals surface area (Å²) < 4.78 is 5.41. The molecule has 0 spiro atoms. The third kappa shape index (κ3) is 4.50. The average molecular weight is 349 g/mol. The lowest BCUT2D eigenvalue weighted by atomic mass is 10.1. The number of rotatable bonds is 6. The molecule has 0 radical (unpaired) electrons. The lowest BCUT2D eigenvalue weighted by Gasteiger charge is -2.17. The Kier molecular flexibility index (Phi) is 5.88. The lowest BCUT2D eigenvalue weighted by Crippen LogP contribution is -2.22. The lowest BCUT2D eigenvalue weighted by molar-refractivity contribution is -0.126. The maximum Gasteiger partial charge on any atom is 0.258 e. The molecule has 0 bridgehead atoms. The zero-order chi connectivity index (χ0) is 17.5. The van der Waals surface area contributed by atoms with Gasteiger partial charge in [-0.3, -0.25) is 4.79 Å². The third-order valence-corrected chi connectivity index (χ3v) is 4.78. The topological polar surface area (TPSA) is 38.3 Å². The fourth-order valence-corrected chi connectivity index (χ4v) is 3.42. The zero-order valence-electron chi connectivity index (χ0n) is 13.9. The molecule has 3 rings (SSSR count). The van der Waals surface area contributed by atoms with Gasteiger partial charge in [-0.1, -0.05) is 72.4 Å². The van der Waals surface area contributed by atoms with E-state index < -0.39 is 6.10 Å². The number of para-hydroxylation sites is 1. The fourth-order valence-electron chi connectivity index (χ4n) is 2.50. The number of hydrogen-bond acceptors (Lipinski definition) is 3. The quantitative estimate of drug-likeness (QED) is 0.668. The highest BCUT2D eigenvalue weighted by molar-refractivity contribution is 7.99. The van der Waals surface area contributed by atoms with Crippen molar-refractivity contribution in [2.45, 2.75) is 15.9 Å². The molecule has 0 aromatic heterocycles. The minimum absolute atomic E-state index is 0.185. The molecule has 3 aromatic rings. The average Bonchev–Trinajstić information content (AvgIpc) is 2.66.